The van der Waals surface area contributed by atoms with Gasteiger partial charge in [0.15, 0.2) is 0 Å². The number of hydrogen-bond donors (Lipinski definition) is 1. The van der Waals surface area contributed by atoms with E-state index in [4.69, 9.17) is 11.0 Å². The Morgan fingerprint density at radius 1 is 1.33 bits per heavy atom. The van der Waals surface area contributed by atoms with E-state index in [-0.39, 0.29) is 5.56 Å². The van der Waals surface area contributed by atoms with E-state index in [1.807, 2.05) is 19.1 Å². The molecule has 0 unspecified atom stereocenters. The molecule has 2 N–H and O–H groups in total. The van der Waals surface area contributed by atoms with E-state index < -0.39 is 0 Å². The minimum Gasteiger partial charge on any atom is -0.397 e. The first-order valence-electron chi connectivity index (χ1n) is 5.56. The van der Waals surface area contributed by atoms with Crippen LogP contribution in [-0.4, -0.2) is 4.57 Å². The molecule has 0 saturated carbocycles. The minimum absolute atomic E-state index is 0.0777. The van der Waals surface area contributed by atoms with Gasteiger partial charge in [-0.1, -0.05) is 12.1 Å². The first-order valence-corrected chi connectivity index (χ1v) is 5.56. The van der Waals surface area contributed by atoms with Gasteiger partial charge in [0.05, 0.1) is 23.9 Å². The third-order valence-electron chi connectivity index (χ3n) is 2.81. The summed E-state index contributed by atoms with van der Waals surface area (Å²) in [6.45, 7) is 2.26. The molecule has 1 aromatic heterocycles. The molecular formula is C14H13N3O. The number of rotatable bonds is 2. The maximum absolute atomic E-state index is 11.8. The number of pyridine rings is 1. The molecule has 0 radical (unpaired) electrons. The van der Waals surface area contributed by atoms with Crippen LogP contribution in [0.25, 0.3) is 0 Å². The summed E-state index contributed by atoms with van der Waals surface area (Å²) in [5.74, 6) is 0. The van der Waals surface area contributed by atoms with Gasteiger partial charge in [0, 0.05) is 12.3 Å². The third-order valence-corrected chi connectivity index (χ3v) is 2.81. The Morgan fingerprint density at radius 3 is 2.61 bits per heavy atom. The normalized spacial score (nSPS) is 10.0. The van der Waals surface area contributed by atoms with Gasteiger partial charge in [0.1, 0.15) is 0 Å². The molecule has 0 aliphatic rings. The van der Waals surface area contributed by atoms with Crippen LogP contribution in [0.4, 0.5) is 5.69 Å². The maximum atomic E-state index is 11.8. The molecule has 0 spiro atoms. The molecule has 0 atom stereocenters. The highest BCUT2D eigenvalue weighted by molar-refractivity contribution is 5.43. The van der Waals surface area contributed by atoms with E-state index in [1.54, 1.807) is 22.9 Å². The van der Waals surface area contributed by atoms with Gasteiger partial charge in [-0.15, -0.1) is 0 Å². The Hall–Kier alpha value is -2.54. The van der Waals surface area contributed by atoms with Gasteiger partial charge in [-0.25, -0.2) is 0 Å². The molecular weight excluding hydrogens is 226 g/mol. The second-order valence-corrected chi connectivity index (χ2v) is 4.19. The standard InChI is InChI=1S/C14H13N3O/c1-10-6-14(18)17(9-13(10)16)8-12-4-2-11(7-15)3-5-12/h2-6,9H,8,16H2,1H3. The fraction of sp³-hybridized carbons (Fsp3) is 0.143. The predicted molar refractivity (Wildman–Crippen MR) is 70.1 cm³/mol. The zero-order valence-corrected chi connectivity index (χ0v) is 10.1. The molecule has 2 aromatic rings. The predicted octanol–water partition coefficient (Wildman–Crippen LogP) is 1.66. The van der Waals surface area contributed by atoms with Crippen molar-refractivity contribution in [2.75, 3.05) is 5.73 Å². The van der Waals surface area contributed by atoms with Crippen molar-refractivity contribution in [1.82, 2.24) is 4.57 Å². The summed E-state index contributed by atoms with van der Waals surface area (Å²) in [6.07, 6.45) is 1.65. The number of hydrogen-bond acceptors (Lipinski definition) is 3. The summed E-state index contributed by atoms with van der Waals surface area (Å²) in [6, 6.07) is 10.7. The number of nitriles is 1. The zero-order valence-electron chi connectivity index (χ0n) is 10.1. The van der Waals surface area contributed by atoms with Crippen LogP contribution in [-0.2, 0) is 6.54 Å². The fourth-order valence-electron chi connectivity index (χ4n) is 1.69. The molecule has 0 fully saturated rings. The van der Waals surface area contributed by atoms with E-state index in [2.05, 4.69) is 6.07 Å². The van der Waals surface area contributed by atoms with Gasteiger partial charge >= 0.3 is 0 Å². The first kappa shape index (κ1) is 11.9. The Morgan fingerprint density at radius 2 is 2.00 bits per heavy atom. The molecule has 2 rings (SSSR count). The highest BCUT2D eigenvalue weighted by Gasteiger charge is 2.02. The molecule has 0 aliphatic heterocycles. The van der Waals surface area contributed by atoms with Crippen molar-refractivity contribution in [2.24, 2.45) is 0 Å². The summed E-state index contributed by atoms with van der Waals surface area (Å²) in [7, 11) is 0. The molecule has 90 valence electrons. The number of nitrogens with two attached hydrogens (primary N) is 1. The van der Waals surface area contributed by atoms with E-state index in [1.165, 1.54) is 6.07 Å². The number of nitrogen functional groups attached to an aromatic ring is 1. The number of nitrogens with zero attached hydrogens (tertiary/aromatic N) is 2. The second-order valence-electron chi connectivity index (χ2n) is 4.19. The highest BCUT2D eigenvalue weighted by Crippen LogP contribution is 2.08. The van der Waals surface area contributed by atoms with E-state index in [0.29, 0.717) is 17.8 Å². The average Bonchev–Trinajstić information content (AvgIpc) is 2.37. The smallest absolute Gasteiger partial charge is 0.251 e. The third kappa shape index (κ3) is 2.41. The lowest BCUT2D eigenvalue weighted by molar-refractivity contribution is 0.759. The molecule has 1 aromatic carbocycles. The molecule has 0 aliphatic carbocycles. The number of benzene rings is 1. The summed E-state index contributed by atoms with van der Waals surface area (Å²) in [5.41, 5.74) is 8.66. The summed E-state index contributed by atoms with van der Waals surface area (Å²) >= 11 is 0. The van der Waals surface area contributed by atoms with Crippen LogP contribution >= 0.6 is 0 Å². The molecule has 18 heavy (non-hydrogen) atoms. The van der Waals surface area contributed by atoms with Crippen molar-refractivity contribution in [3.63, 3.8) is 0 Å². The maximum Gasteiger partial charge on any atom is 0.251 e. The average molecular weight is 239 g/mol. The molecule has 0 bridgehead atoms. The van der Waals surface area contributed by atoms with Crippen molar-refractivity contribution in [2.45, 2.75) is 13.5 Å². The highest BCUT2D eigenvalue weighted by atomic mass is 16.1. The lowest BCUT2D eigenvalue weighted by Crippen LogP contribution is -2.20. The topological polar surface area (TPSA) is 71.8 Å². The number of aromatic nitrogens is 1. The van der Waals surface area contributed by atoms with Gasteiger partial charge in [-0.05, 0) is 30.2 Å². The Labute approximate surface area is 105 Å². The van der Waals surface area contributed by atoms with Crippen molar-refractivity contribution < 1.29 is 0 Å². The Kier molecular flexibility index (Phi) is 3.16. The van der Waals surface area contributed by atoms with Crippen molar-refractivity contribution in [3.8, 4) is 6.07 Å². The molecule has 0 amide bonds. The van der Waals surface area contributed by atoms with Crippen LogP contribution in [0.1, 0.15) is 16.7 Å². The number of anilines is 1. The minimum atomic E-state index is -0.0777. The molecule has 4 nitrogen and oxygen atoms in total. The lowest BCUT2D eigenvalue weighted by Gasteiger charge is -2.08. The number of aryl methyl sites for hydroxylation is 1. The largest absolute Gasteiger partial charge is 0.397 e. The molecule has 4 heteroatoms. The van der Waals surface area contributed by atoms with Gasteiger partial charge < -0.3 is 10.3 Å². The van der Waals surface area contributed by atoms with Crippen molar-refractivity contribution in [1.29, 1.82) is 5.26 Å². The zero-order chi connectivity index (χ0) is 13.1. The lowest BCUT2D eigenvalue weighted by atomic mass is 10.1. The SMILES string of the molecule is Cc1cc(=O)n(Cc2ccc(C#N)cc2)cc1N. The first-order chi connectivity index (χ1) is 8.60. The summed E-state index contributed by atoms with van der Waals surface area (Å²) in [5, 5.41) is 8.71. The van der Waals surface area contributed by atoms with E-state index in [0.717, 1.165) is 11.1 Å². The van der Waals surface area contributed by atoms with Gasteiger partial charge in [-0.2, -0.15) is 5.26 Å². The monoisotopic (exact) mass is 239 g/mol. The van der Waals surface area contributed by atoms with Gasteiger partial charge in [0.2, 0.25) is 0 Å². The van der Waals surface area contributed by atoms with E-state index >= 15 is 0 Å². The molecule has 0 saturated heterocycles. The molecule has 1 heterocycles. The summed E-state index contributed by atoms with van der Waals surface area (Å²) < 4.78 is 1.56. The Balaban J connectivity index is 2.31. The van der Waals surface area contributed by atoms with Crippen LogP contribution in [0.5, 0.6) is 0 Å². The van der Waals surface area contributed by atoms with E-state index in [9.17, 15) is 4.79 Å². The van der Waals surface area contributed by atoms with Crippen molar-refractivity contribution >= 4 is 5.69 Å². The van der Waals surface area contributed by atoms with Crippen LogP contribution < -0.4 is 11.3 Å². The Bertz CT molecular complexity index is 663. The van der Waals surface area contributed by atoms with Crippen LogP contribution in [0.2, 0.25) is 0 Å². The van der Waals surface area contributed by atoms with Crippen LogP contribution in [0, 0.1) is 18.3 Å². The van der Waals surface area contributed by atoms with Gasteiger partial charge in [-0.3, -0.25) is 4.79 Å². The fourth-order valence-corrected chi connectivity index (χ4v) is 1.69. The van der Waals surface area contributed by atoms with Crippen molar-refractivity contribution in [3.05, 3.63) is 63.6 Å². The quantitative estimate of drug-likeness (QED) is 0.866. The van der Waals surface area contributed by atoms with Crippen LogP contribution in [0.3, 0.4) is 0 Å². The van der Waals surface area contributed by atoms with Crippen LogP contribution in [0.15, 0.2) is 41.3 Å². The summed E-state index contributed by atoms with van der Waals surface area (Å²) in [4.78, 5) is 11.8. The second kappa shape index (κ2) is 4.76. The van der Waals surface area contributed by atoms with Gasteiger partial charge in [0.25, 0.3) is 5.56 Å².